The molecule has 0 atom stereocenters. The molecule has 0 saturated heterocycles. The SMILES string of the molecule is Cc1nc(CCC(F)(F)F)nc2c1CNC2. The molecular formula is C10H12F3N3. The van der Waals surface area contributed by atoms with E-state index in [1.165, 1.54) is 0 Å². The molecule has 6 heteroatoms. The van der Waals surface area contributed by atoms with Crippen molar-refractivity contribution < 1.29 is 13.2 Å². The molecular weight excluding hydrogens is 219 g/mol. The molecule has 0 fully saturated rings. The number of halogens is 3. The van der Waals surface area contributed by atoms with E-state index in [9.17, 15) is 13.2 Å². The van der Waals surface area contributed by atoms with E-state index in [1.54, 1.807) is 0 Å². The fraction of sp³-hybridized carbons (Fsp3) is 0.600. The zero-order chi connectivity index (χ0) is 11.8. The van der Waals surface area contributed by atoms with Crippen LogP contribution >= 0.6 is 0 Å². The predicted molar refractivity (Wildman–Crippen MR) is 51.7 cm³/mol. The summed E-state index contributed by atoms with van der Waals surface area (Å²) in [7, 11) is 0. The van der Waals surface area contributed by atoms with Crippen molar-refractivity contribution in [3.8, 4) is 0 Å². The minimum Gasteiger partial charge on any atom is -0.307 e. The molecule has 0 aromatic carbocycles. The Morgan fingerprint density at radius 3 is 2.69 bits per heavy atom. The van der Waals surface area contributed by atoms with Gasteiger partial charge in [-0.2, -0.15) is 13.2 Å². The zero-order valence-corrected chi connectivity index (χ0v) is 8.86. The number of nitrogens with one attached hydrogen (secondary N) is 1. The highest BCUT2D eigenvalue weighted by molar-refractivity contribution is 5.28. The van der Waals surface area contributed by atoms with Gasteiger partial charge >= 0.3 is 6.18 Å². The van der Waals surface area contributed by atoms with Crippen molar-refractivity contribution in [1.82, 2.24) is 15.3 Å². The Labute approximate surface area is 91.1 Å². The van der Waals surface area contributed by atoms with Gasteiger partial charge in [-0.3, -0.25) is 0 Å². The van der Waals surface area contributed by atoms with Crippen molar-refractivity contribution in [1.29, 1.82) is 0 Å². The molecule has 1 aromatic rings. The van der Waals surface area contributed by atoms with Gasteiger partial charge in [-0.1, -0.05) is 0 Å². The van der Waals surface area contributed by atoms with Crippen molar-refractivity contribution in [2.75, 3.05) is 0 Å². The van der Waals surface area contributed by atoms with Crippen LogP contribution in [0.15, 0.2) is 0 Å². The van der Waals surface area contributed by atoms with Crippen molar-refractivity contribution in [3.63, 3.8) is 0 Å². The van der Waals surface area contributed by atoms with Crippen LogP contribution in [-0.2, 0) is 19.5 Å². The second-order valence-corrected chi connectivity index (χ2v) is 3.87. The highest BCUT2D eigenvalue weighted by atomic mass is 19.4. The summed E-state index contributed by atoms with van der Waals surface area (Å²) < 4.78 is 36.1. The number of aryl methyl sites for hydroxylation is 2. The highest BCUT2D eigenvalue weighted by Gasteiger charge is 2.27. The first-order valence-corrected chi connectivity index (χ1v) is 5.08. The van der Waals surface area contributed by atoms with Gasteiger partial charge in [0.05, 0.1) is 12.1 Å². The molecule has 1 N–H and O–H groups in total. The molecule has 0 radical (unpaired) electrons. The van der Waals surface area contributed by atoms with Crippen molar-refractivity contribution >= 4 is 0 Å². The lowest BCUT2D eigenvalue weighted by Gasteiger charge is -2.08. The van der Waals surface area contributed by atoms with E-state index in [1.807, 2.05) is 6.92 Å². The summed E-state index contributed by atoms with van der Waals surface area (Å²) in [5.41, 5.74) is 2.65. The van der Waals surface area contributed by atoms with Gasteiger partial charge in [0.1, 0.15) is 5.82 Å². The average Bonchev–Trinajstić information content (AvgIpc) is 2.62. The van der Waals surface area contributed by atoms with Gasteiger partial charge in [-0.25, -0.2) is 9.97 Å². The largest absolute Gasteiger partial charge is 0.389 e. The molecule has 0 aliphatic carbocycles. The number of fused-ring (bicyclic) bond motifs is 1. The summed E-state index contributed by atoms with van der Waals surface area (Å²) in [6, 6.07) is 0. The Morgan fingerprint density at radius 2 is 2.00 bits per heavy atom. The molecule has 0 amide bonds. The maximum Gasteiger partial charge on any atom is 0.389 e. The summed E-state index contributed by atoms with van der Waals surface area (Å²) in [6.07, 6.45) is -5.15. The van der Waals surface area contributed by atoms with Gasteiger partial charge in [0.2, 0.25) is 0 Å². The van der Waals surface area contributed by atoms with Crippen LogP contribution < -0.4 is 5.32 Å². The summed E-state index contributed by atoms with van der Waals surface area (Å²) in [4.78, 5) is 8.24. The molecule has 1 aliphatic heterocycles. The second-order valence-electron chi connectivity index (χ2n) is 3.87. The Bertz CT molecular complexity index is 401. The minimum absolute atomic E-state index is 0.141. The predicted octanol–water partition coefficient (Wildman–Crippen LogP) is 1.88. The Hall–Kier alpha value is -1.17. The number of hydrogen-bond donors (Lipinski definition) is 1. The van der Waals surface area contributed by atoms with E-state index in [-0.39, 0.29) is 12.2 Å². The third-order valence-corrected chi connectivity index (χ3v) is 2.57. The van der Waals surface area contributed by atoms with E-state index < -0.39 is 12.6 Å². The first-order valence-electron chi connectivity index (χ1n) is 5.08. The van der Waals surface area contributed by atoms with Gasteiger partial charge in [-0.05, 0) is 6.92 Å². The third-order valence-electron chi connectivity index (χ3n) is 2.57. The maximum absolute atomic E-state index is 12.0. The van der Waals surface area contributed by atoms with Crippen LogP contribution in [0.4, 0.5) is 13.2 Å². The number of alkyl halides is 3. The van der Waals surface area contributed by atoms with Gasteiger partial charge < -0.3 is 5.32 Å². The normalized spacial score (nSPS) is 15.2. The summed E-state index contributed by atoms with van der Waals surface area (Å²) >= 11 is 0. The average molecular weight is 231 g/mol. The molecule has 2 heterocycles. The molecule has 88 valence electrons. The standard InChI is InChI=1S/C10H12F3N3/c1-6-7-4-14-5-8(7)16-9(15-6)2-3-10(11,12)13/h14H,2-5H2,1H3. The Kier molecular flexibility index (Phi) is 2.84. The van der Waals surface area contributed by atoms with Crippen LogP contribution in [0.25, 0.3) is 0 Å². The van der Waals surface area contributed by atoms with Crippen molar-refractivity contribution in [3.05, 3.63) is 22.8 Å². The molecule has 0 bridgehead atoms. The van der Waals surface area contributed by atoms with Crippen molar-refractivity contribution in [2.45, 2.75) is 39.0 Å². The molecule has 1 aliphatic rings. The van der Waals surface area contributed by atoms with Crippen LogP contribution in [0.2, 0.25) is 0 Å². The topological polar surface area (TPSA) is 37.8 Å². The fourth-order valence-electron chi connectivity index (χ4n) is 1.77. The summed E-state index contributed by atoms with van der Waals surface area (Å²) in [6.45, 7) is 3.14. The molecule has 0 unspecified atom stereocenters. The highest BCUT2D eigenvalue weighted by Crippen LogP contribution is 2.22. The smallest absolute Gasteiger partial charge is 0.307 e. The Balaban J connectivity index is 2.14. The lowest BCUT2D eigenvalue weighted by Crippen LogP contribution is -2.11. The van der Waals surface area contributed by atoms with E-state index in [0.29, 0.717) is 13.1 Å². The number of rotatable bonds is 2. The van der Waals surface area contributed by atoms with Crippen LogP contribution in [0.1, 0.15) is 29.2 Å². The molecule has 0 spiro atoms. The van der Waals surface area contributed by atoms with Gasteiger partial charge in [0.25, 0.3) is 0 Å². The van der Waals surface area contributed by atoms with Gasteiger partial charge in [0, 0.05) is 30.8 Å². The quantitative estimate of drug-likeness (QED) is 0.844. The van der Waals surface area contributed by atoms with Crippen LogP contribution in [0.3, 0.4) is 0 Å². The molecule has 2 rings (SSSR count). The first-order chi connectivity index (χ1) is 7.46. The summed E-state index contributed by atoms with van der Waals surface area (Å²) in [5.74, 6) is 0.289. The molecule has 1 aromatic heterocycles. The zero-order valence-electron chi connectivity index (χ0n) is 8.86. The molecule has 3 nitrogen and oxygen atoms in total. The number of aromatic nitrogens is 2. The molecule has 16 heavy (non-hydrogen) atoms. The van der Waals surface area contributed by atoms with E-state index in [0.717, 1.165) is 17.0 Å². The van der Waals surface area contributed by atoms with E-state index >= 15 is 0 Å². The van der Waals surface area contributed by atoms with E-state index in [2.05, 4.69) is 15.3 Å². The van der Waals surface area contributed by atoms with Gasteiger partial charge in [0.15, 0.2) is 0 Å². The monoisotopic (exact) mass is 231 g/mol. The van der Waals surface area contributed by atoms with Crippen LogP contribution in [0.5, 0.6) is 0 Å². The third kappa shape index (κ3) is 2.49. The first kappa shape index (κ1) is 11.3. The Morgan fingerprint density at radius 1 is 1.25 bits per heavy atom. The van der Waals surface area contributed by atoms with Gasteiger partial charge in [-0.15, -0.1) is 0 Å². The summed E-state index contributed by atoms with van der Waals surface area (Å²) in [5, 5.41) is 3.10. The second kappa shape index (κ2) is 4.01. The lowest BCUT2D eigenvalue weighted by atomic mass is 10.2. The van der Waals surface area contributed by atoms with E-state index in [4.69, 9.17) is 0 Å². The molecule has 0 saturated carbocycles. The van der Waals surface area contributed by atoms with Crippen LogP contribution in [0, 0.1) is 6.92 Å². The number of nitrogens with zero attached hydrogens (tertiary/aromatic N) is 2. The maximum atomic E-state index is 12.0. The number of hydrogen-bond acceptors (Lipinski definition) is 3. The lowest BCUT2D eigenvalue weighted by molar-refractivity contribution is -0.134. The van der Waals surface area contributed by atoms with Crippen molar-refractivity contribution in [2.24, 2.45) is 0 Å². The fourth-order valence-corrected chi connectivity index (χ4v) is 1.77. The van der Waals surface area contributed by atoms with Crippen LogP contribution in [-0.4, -0.2) is 16.1 Å². The minimum atomic E-state index is -4.14.